The van der Waals surface area contributed by atoms with E-state index in [1.165, 1.54) is 37.3 Å². The van der Waals surface area contributed by atoms with E-state index in [1.54, 1.807) is 42.5 Å². The zero-order valence-electron chi connectivity index (χ0n) is 27.3. The number of amides is 2. The number of aryl methyl sites for hydroxylation is 1. The minimum absolute atomic E-state index is 0.0368. The number of halogens is 2. The van der Waals surface area contributed by atoms with Gasteiger partial charge >= 0.3 is 0 Å². The number of nitrogens with one attached hydrogen (secondary N) is 1. The fourth-order valence-electron chi connectivity index (χ4n) is 5.10. The molecule has 4 rings (SSSR count). The van der Waals surface area contributed by atoms with Crippen molar-refractivity contribution in [2.75, 3.05) is 31.6 Å². The van der Waals surface area contributed by atoms with Crippen LogP contribution in [0.5, 0.6) is 11.5 Å². The van der Waals surface area contributed by atoms with Crippen LogP contribution < -0.4 is 19.1 Å². The summed E-state index contributed by atoms with van der Waals surface area (Å²) >= 11 is 12.5. The Morgan fingerprint density at radius 1 is 0.833 bits per heavy atom. The van der Waals surface area contributed by atoms with Crippen molar-refractivity contribution in [2.24, 2.45) is 0 Å². The molecule has 0 unspecified atom stereocenters. The van der Waals surface area contributed by atoms with Gasteiger partial charge in [0.05, 0.1) is 34.8 Å². The third-order valence-corrected chi connectivity index (χ3v) is 10.2. The second kappa shape index (κ2) is 16.7. The fraction of sp³-hybridized carbons (Fsp3) is 0.278. The molecular weight excluding hydrogens is 673 g/mol. The lowest BCUT2D eigenvalue weighted by atomic mass is 10.0. The lowest BCUT2D eigenvalue weighted by molar-refractivity contribution is -0.140. The number of rotatable bonds is 15. The third-order valence-electron chi connectivity index (χ3n) is 7.70. The Bertz CT molecular complexity index is 1820. The van der Waals surface area contributed by atoms with Crippen LogP contribution in [0.15, 0.2) is 95.9 Å². The second-order valence-corrected chi connectivity index (χ2v) is 13.8. The summed E-state index contributed by atoms with van der Waals surface area (Å²) in [5.41, 5.74) is 2.62. The quantitative estimate of drug-likeness (QED) is 0.148. The van der Waals surface area contributed by atoms with Gasteiger partial charge < -0.3 is 19.7 Å². The standard InChI is InChI=1S/C36H39Cl2N3O6S/c1-5-19-39-36(43)32(21-26-9-7-6-8-10-26)40(23-27-13-17-30(37)31(38)20-27)35(42)24-41(28-14-11-25(2)12-15-28)48(44,45)29-16-18-33(46-3)34(22-29)47-4/h6-18,20,22,32H,5,19,21,23-24H2,1-4H3,(H,39,43)/t32-/m0/s1. The first-order chi connectivity index (χ1) is 23.0. The average molecular weight is 713 g/mol. The van der Waals surface area contributed by atoms with Gasteiger partial charge in [0.2, 0.25) is 11.8 Å². The van der Waals surface area contributed by atoms with Crippen molar-refractivity contribution in [3.63, 3.8) is 0 Å². The third kappa shape index (κ3) is 9.00. The molecule has 0 heterocycles. The summed E-state index contributed by atoms with van der Waals surface area (Å²) in [6.45, 7) is 3.58. The molecule has 1 N–H and O–H groups in total. The maximum absolute atomic E-state index is 14.6. The van der Waals surface area contributed by atoms with E-state index in [1.807, 2.05) is 44.2 Å². The molecule has 4 aromatic rings. The molecule has 0 fully saturated rings. The van der Waals surface area contributed by atoms with E-state index in [-0.39, 0.29) is 40.2 Å². The highest BCUT2D eigenvalue weighted by Crippen LogP contribution is 2.33. The highest BCUT2D eigenvalue weighted by Gasteiger charge is 2.35. The molecule has 0 radical (unpaired) electrons. The van der Waals surface area contributed by atoms with Crippen molar-refractivity contribution < 1.29 is 27.5 Å². The Labute approximate surface area is 292 Å². The van der Waals surface area contributed by atoms with Crippen molar-refractivity contribution in [3.05, 3.63) is 118 Å². The minimum Gasteiger partial charge on any atom is -0.493 e. The van der Waals surface area contributed by atoms with Crippen LogP contribution in [0.2, 0.25) is 10.0 Å². The van der Waals surface area contributed by atoms with E-state index in [0.29, 0.717) is 29.3 Å². The van der Waals surface area contributed by atoms with Gasteiger partial charge in [-0.3, -0.25) is 13.9 Å². The summed E-state index contributed by atoms with van der Waals surface area (Å²) in [7, 11) is -1.48. The number of methoxy groups -OCH3 is 2. The molecule has 254 valence electrons. The Morgan fingerprint density at radius 3 is 2.15 bits per heavy atom. The average Bonchev–Trinajstić information content (AvgIpc) is 3.09. The van der Waals surface area contributed by atoms with E-state index in [2.05, 4.69) is 5.32 Å². The molecule has 4 aromatic carbocycles. The molecule has 0 aliphatic heterocycles. The Balaban J connectivity index is 1.83. The first-order valence-corrected chi connectivity index (χ1v) is 17.5. The normalized spacial score (nSPS) is 11.8. The van der Waals surface area contributed by atoms with E-state index in [9.17, 15) is 18.0 Å². The highest BCUT2D eigenvalue weighted by molar-refractivity contribution is 7.92. The number of nitrogens with zero attached hydrogens (tertiary/aromatic N) is 2. The molecule has 0 aliphatic carbocycles. The molecule has 12 heteroatoms. The molecule has 9 nitrogen and oxygen atoms in total. The molecule has 2 amide bonds. The maximum atomic E-state index is 14.6. The molecule has 0 saturated heterocycles. The van der Waals surface area contributed by atoms with Crippen molar-refractivity contribution in [2.45, 2.75) is 44.2 Å². The fourth-order valence-corrected chi connectivity index (χ4v) is 6.85. The number of benzene rings is 4. The molecular formula is C36H39Cl2N3O6S. The summed E-state index contributed by atoms with van der Waals surface area (Å²) in [6, 6.07) is 24.4. The van der Waals surface area contributed by atoms with Gasteiger partial charge in [-0.2, -0.15) is 0 Å². The summed E-state index contributed by atoms with van der Waals surface area (Å²) in [4.78, 5) is 29.7. The number of sulfonamides is 1. The van der Waals surface area contributed by atoms with Crippen LogP contribution in [-0.4, -0.2) is 58.5 Å². The summed E-state index contributed by atoms with van der Waals surface area (Å²) < 4.78 is 40.5. The molecule has 0 saturated carbocycles. The predicted molar refractivity (Wildman–Crippen MR) is 190 cm³/mol. The molecule has 0 aliphatic rings. The van der Waals surface area contributed by atoms with Crippen LogP contribution in [0.4, 0.5) is 5.69 Å². The van der Waals surface area contributed by atoms with Gasteiger partial charge in [0.25, 0.3) is 10.0 Å². The smallest absolute Gasteiger partial charge is 0.264 e. The molecule has 0 spiro atoms. The molecule has 0 bridgehead atoms. The highest BCUT2D eigenvalue weighted by atomic mass is 35.5. The number of ether oxygens (including phenoxy) is 2. The number of carbonyl (C=O) groups is 2. The summed E-state index contributed by atoms with van der Waals surface area (Å²) in [5.74, 6) is -0.397. The number of hydrogen-bond acceptors (Lipinski definition) is 6. The van der Waals surface area contributed by atoms with Crippen molar-refractivity contribution in [3.8, 4) is 11.5 Å². The largest absolute Gasteiger partial charge is 0.493 e. The van der Waals surface area contributed by atoms with Crippen LogP contribution >= 0.6 is 23.2 Å². The van der Waals surface area contributed by atoms with E-state index >= 15 is 0 Å². The van der Waals surface area contributed by atoms with Crippen LogP contribution in [-0.2, 0) is 32.6 Å². The van der Waals surface area contributed by atoms with Gasteiger partial charge in [0, 0.05) is 25.6 Å². The van der Waals surface area contributed by atoms with Crippen LogP contribution in [0.1, 0.15) is 30.0 Å². The Kier molecular flexibility index (Phi) is 12.7. The van der Waals surface area contributed by atoms with Crippen molar-refractivity contribution >= 4 is 50.7 Å². The predicted octanol–water partition coefficient (Wildman–Crippen LogP) is 6.68. The monoisotopic (exact) mass is 711 g/mol. The van der Waals surface area contributed by atoms with E-state index in [0.717, 1.165) is 15.4 Å². The Morgan fingerprint density at radius 2 is 1.52 bits per heavy atom. The second-order valence-electron chi connectivity index (χ2n) is 11.1. The number of carbonyl (C=O) groups excluding carboxylic acids is 2. The minimum atomic E-state index is -4.35. The first-order valence-electron chi connectivity index (χ1n) is 15.3. The first kappa shape index (κ1) is 36.6. The van der Waals surface area contributed by atoms with Crippen molar-refractivity contribution in [1.82, 2.24) is 10.2 Å². The van der Waals surface area contributed by atoms with Crippen molar-refractivity contribution in [1.29, 1.82) is 0 Å². The number of hydrogen-bond donors (Lipinski definition) is 1. The van der Waals surface area contributed by atoms with E-state index in [4.69, 9.17) is 32.7 Å². The van der Waals surface area contributed by atoms with Gasteiger partial charge in [-0.05, 0) is 60.9 Å². The van der Waals surface area contributed by atoms with E-state index < -0.39 is 28.5 Å². The van der Waals surface area contributed by atoms with Gasteiger partial charge in [0.15, 0.2) is 11.5 Å². The SMILES string of the molecule is CCCNC(=O)[C@H](Cc1ccccc1)N(Cc1ccc(Cl)c(Cl)c1)C(=O)CN(c1ccc(C)cc1)S(=O)(=O)c1ccc(OC)c(OC)c1. The summed E-state index contributed by atoms with van der Waals surface area (Å²) in [5, 5.41) is 3.55. The van der Waals surface area contributed by atoms with Crippen LogP contribution in [0, 0.1) is 6.92 Å². The van der Waals surface area contributed by atoms with Gasteiger partial charge in [0.1, 0.15) is 12.6 Å². The zero-order chi connectivity index (χ0) is 34.8. The Hall–Kier alpha value is -4.25. The van der Waals surface area contributed by atoms with Gasteiger partial charge in [-0.15, -0.1) is 0 Å². The maximum Gasteiger partial charge on any atom is 0.264 e. The topological polar surface area (TPSA) is 105 Å². The molecule has 48 heavy (non-hydrogen) atoms. The molecule has 0 aromatic heterocycles. The molecule has 1 atom stereocenters. The summed E-state index contributed by atoms with van der Waals surface area (Å²) in [6.07, 6.45) is 0.881. The lowest BCUT2D eigenvalue weighted by Crippen LogP contribution is -2.53. The van der Waals surface area contributed by atoms with Crippen LogP contribution in [0.3, 0.4) is 0 Å². The van der Waals surface area contributed by atoms with Gasteiger partial charge in [-0.25, -0.2) is 8.42 Å². The van der Waals surface area contributed by atoms with Crippen LogP contribution in [0.25, 0.3) is 0 Å². The van der Waals surface area contributed by atoms with Gasteiger partial charge in [-0.1, -0.05) is 84.2 Å². The lowest BCUT2D eigenvalue weighted by Gasteiger charge is -2.34. The number of anilines is 1. The zero-order valence-corrected chi connectivity index (χ0v) is 29.6.